The third-order valence-corrected chi connectivity index (χ3v) is 4.34. The lowest BCUT2D eigenvalue weighted by atomic mass is 10.1. The molecule has 2 rings (SSSR count). The zero-order valence-electron chi connectivity index (χ0n) is 12.7. The number of benzene rings is 2. The monoisotopic (exact) mass is 363 g/mol. The second kappa shape index (κ2) is 7.54. The molecule has 2 aromatic carbocycles. The van der Waals surface area contributed by atoms with Gasteiger partial charge in [0.25, 0.3) is 0 Å². The molecule has 116 valence electrons. The summed E-state index contributed by atoms with van der Waals surface area (Å²) in [6.07, 6.45) is 1.16. The van der Waals surface area contributed by atoms with Gasteiger partial charge in [-0.3, -0.25) is 4.79 Å². The maximum atomic E-state index is 13.0. The Balaban J connectivity index is 1.95. The molecule has 0 saturated heterocycles. The molecule has 1 unspecified atom stereocenters. The van der Waals surface area contributed by atoms with Crippen molar-refractivity contribution in [1.29, 1.82) is 0 Å². The molecule has 0 aromatic heterocycles. The summed E-state index contributed by atoms with van der Waals surface area (Å²) in [5, 5.41) is 0. The number of halogens is 2. The molecular weight excluding hydrogens is 345 g/mol. The van der Waals surface area contributed by atoms with E-state index in [-0.39, 0.29) is 17.8 Å². The van der Waals surface area contributed by atoms with Gasteiger partial charge in [-0.25, -0.2) is 4.39 Å². The average molecular weight is 364 g/mol. The summed E-state index contributed by atoms with van der Waals surface area (Å²) in [5.41, 5.74) is 2.06. The van der Waals surface area contributed by atoms with E-state index in [1.54, 1.807) is 24.1 Å². The van der Waals surface area contributed by atoms with Gasteiger partial charge in [0.1, 0.15) is 5.82 Å². The smallest absolute Gasteiger partial charge is 0.223 e. The van der Waals surface area contributed by atoms with Crippen LogP contribution >= 0.6 is 15.9 Å². The second-order valence-electron chi connectivity index (χ2n) is 5.36. The molecular formula is C18H19BrFNO. The number of hydrogen-bond acceptors (Lipinski definition) is 1. The lowest BCUT2D eigenvalue weighted by Gasteiger charge is -2.25. The molecule has 4 heteroatoms. The summed E-state index contributed by atoms with van der Waals surface area (Å²) in [6, 6.07) is 14.2. The van der Waals surface area contributed by atoms with Crippen LogP contribution in [0.2, 0.25) is 0 Å². The number of carbonyl (C=O) groups excluding carboxylic acids is 1. The first-order valence-corrected chi connectivity index (χ1v) is 8.02. The molecule has 0 fully saturated rings. The number of carbonyl (C=O) groups is 1. The predicted octanol–water partition coefficient (Wildman–Crippen LogP) is 4.74. The van der Waals surface area contributed by atoms with Crippen molar-refractivity contribution in [2.75, 3.05) is 7.05 Å². The lowest BCUT2D eigenvalue weighted by molar-refractivity contribution is -0.131. The van der Waals surface area contributed by atoms with Crippen molar-refractivity contribution >= 4 is 21.8 Å². The van der Waals surface area contributed by atoms with Crippen LogP contribution in [0.5, 0.6) is 0 Å². The molecule has 1 amide bonds. The summed E-state index contributed by atoms with van der Waals surface area (Å²) in [6.45, 7) is 1.95. The molecule has 0 aliphatic rings. The third kappa shape index (κ3) is 4.41. The molecule has 1 atom stereocenters. The van der Waals surface area contributed by atoms with E-state index in [4.69, 9.17) is 0 Å². The predicted molar refractivity (Wildman–Crippen MR) is 90.0 cm³/mol. The van der Waals surface area contributed by atoms with Gasteiger partial charge in [-0.2, -0.15) is 0 Å². The summed E-state index contributed by atoms with van der Waals surface area (Å²) in [4.78, 5) is 14.0. The minimum Gasteiger partial charge on any atom is -0.339 e. The highest BCUT2D eigenvalue weighted by Gasteiger charge is 2.17. The van der Waals surface area contributed by atoms with E-state index in [1.165, 1.54) is 12.1 Å². The van der Waals surface area contributed by atoms with Gasteiger partial charge in [-0.15, -0.1) is 0 Å². The number of hydrogen-bond donors (Lipinski definition) is 0. The van der Waals surface area contributed by atoms with Gasteiger partial charge < -0.3 is 4.90 Å². The van der Waals surface area contributed by atoms with Gasteiger partial charge in [0.2, 0.25) is 5.91 Å². The van der Waals surface area contributed by atoms with E-state index in [2.05, 4.69) is 15.9 Å². The number of aryl methyl sites for hydroxylation is 1. The van der Waals surface area contributed by atoms with E-state index in [1.807, 2.05) is 31.2 Å². The molecule has 0 bridgehead atoms. The van der Waals surface area contributed by atoms with Crippen LogP contribution in [0.25, 0.3) is 0 Å². The molecule has 22 heavy (non-hydrogen) atoms. The molecule has 0 aliphatic carbocycles. The van der Waals surface area contributed by atoms with Crippen LogP contribution in [0.15, 0.2) is 53.0 Å². The van der Waals surface area contributed by atoms with Crippen molar-refractivity contribution in [2.45, 2.75) is 25.8 Å². The van der Waals surface area contributed by atoms with E-state index < -0.39 is 0 Å². The van der Waals surface area contributed by atoms with Gasteiger partial charge in [0.15, 0.2) is 0 Å². The van der Waals surface area contributed by atoms with Crippen LogP contribution in [0, 0.1) is 5.82 Å². The summed E-state index contributed by atoms with van der Waals surface area (Å²) >= 11 is 3.43. The topological polar surface area (TPSA) is 20.3 Å². The molecule has 0 spiro atoms. The fourth-order valence-electron chi connectivity index (χ4n) is 2.30. The largest absolute Gasteiger partial charge is 0.339 e. The Morgan fingerprint density at radius 3 is 2.55 bits per heavy atom. The first kappa shape index (κ1) is 16.7. The van der Waals surface area contributed by atoms with E-state index >= 15 is 0 Å². The van der Waals surface area contributed by atoms with Crippen molar-refractivity contribution in [3.8, 4) is 0 Å². The molecule has 0 saturated carbocycles. The van der Waals surface area contributed by atoms with Gasteiger partial charge in [0.05, 0.1) is 6.04 Å². The standard InChI is InChI=1S/C18H19BrFNO/c1-13(15-7-9-17(20)10-8-15)21(2)18(22)11-6-14-4-3-5-16(19)12-14/h3-5,7-10,12-13H,6,11H2,1-2H3. The number of rotatable bonds is 5. The minimum absolute atomic E-state index is 0.0735. The maximum absolute atomic E-state index is 13.0. The molecule has 0 N–H and O–H groups in total. The first-order valence-electron chi connectivity index (χ1n) is 7.23. The van der Waals surface area contributed by atoms with Crippen molar-refractivity contribution in [1.82, 2.24) is 4.90 Å². The highest BCUT2D eigenvalue weighted by atomic mass is 79.9. The summed E-state index contributed by atoms with van der Waals surface area (Å²) < 4.78 is 14.0. The van der Waals surface area contributed by atoms with Gasteiger partial charge in [-0.05, 0) is 48.7 Å². The minimum atomic E-state index is -0.264. The Morgan fingerprint density at radius 1 is 1.23 bits per heavy atom. The van der Waals surface area contributed by atoms with Crippen molar-refractivity contribution in [2.24, 2.45) is 0 Å². The molecule has 0 heterocycles. The van der Waals surface area contributed by atoms with E-state index in [0.29, 0.717) is 12.8 Å². The van der Waals surface area contributed by atoms with Crippen LogP contribution in [-0.4, -0.2) is 17.9 Å². The van der Waals surface area contributed by atoms with Gasteiger partial charge in [0, 0.05) is 17.9 Å². The quantitative estimate of drug-likeness (QED) is 0.751. The van der Waals surface area contributed by atoms with Crippen LogP contribution in [0.1, 0.15) is 30.5 Å². The second-order valence-corrected chi connectivity index (χ2v) is 6.28. The maximum Gasteiger partial charge on any atom is 0.223 e. The average Bonchev–Trinajstić information content (AvgIpc) is 2.52. The lowest BCUT2D eigenvalue weighted by Crippen LogP contribution is -2.29. The molecule has 2 aromatic rings. The first-order chi connectivity index (χ1) is 10.5. The van der Waals surface area contributed by atoms with Crippen LogP contribution < -0.4 is 0 Å². The Morgan fingerprint density at radius 2 is 1.91 bits per heavy atom. The van der Waals surface area contributed by atoms with Crippen LogP contribution in [-0.2, 0) is 11.2 Å². The highest BCUT2D eigenvalue weighted by molar-refractivity contribution is 9.10. The summed E-state index contributed by atoms with van der Waals surface area (Å²) in [7, 11) is 1.79. The highest BCUT2D eigenvalue weighted by Crippen LogP contribution is 2.20. The fourth-order valence-corrected chi connectivity index (χ4v) is 2.75. The van der Waals surface area contributed by atoms with Gasteiger partial charge in [-0.1, -0.05) is 40.2 Å². The molecule has 0 aliphatic heterocycles. The zero-order valence-corrected chi connectivity index (χ0v) is 14.3. The molecule has 0 radical (unpaired) electrons. The Hall–Kier alpha value is -1.68. The number of amides is 1. The van der Waals surface area contributed by atoms with Gasteiger partial charge >= 0.3 is 0 Å². The number of nitrogens with zero attached hydrogens (tertiary/aromatic N) is 1. The van der Waals surface area contributed by atoms with E-state index in [0.717, 1.165) is 15.6 Å². The SMILES string of the molecule is CC(c1ccc(F)cc1)N(C)C(=O)CCc1cccc(Br)c1. The molecule has 2 nitrogen and oxygen atoms in total. The van der Waals surface area contributed by atoms with Crippen molar-refractivity contribution in [3.05, 3.63) is 69.9 Å². The van der Waals surface area contributed by atoms with Crippen molar-refractivity contribution < 1.29 is 9.18 Å². The zero-order chi connectivity index (χ0) is 16.1. The van der Waals surface area contributed by atoms with E-state index in [9.17, 15) is 9.18 Å². The Kier molecular flexibility index (Phi) is 5.72. The van der Waals surface area contributed by atoms with Crippen LogP contribution in [0.4, 0.5) is 4.39 Å². The normalized spacial score (nSPS) is 12.0. The Labute approximate surface area is 139 Å². The van der Waals surface area contributed by atoms with Crippen molar-refractivity contribution in [3.63, 3.8) is 0 Å². The third-order valence-electron chi connectivity index (χ3n) is 3.84. The van der Waals surface area contributed by atoms with Crippen LogP contribution in [0.3, 0.4) is 0 Å². The summed E-state index contributed by atoms with van der Waals surface area (Å²) in [5.74, 6) is -0.184. The Bertz CT molecular complexity index is 642. The fraction of sp³-hybridized carbons (Fsp3) is 0.278.